The summed E-state index contributed by atoms with van der Waals surface area (Å²) in [4.78, 5) is 25.4. The van der Waals surface area contributed by atoms with E-state index < -0.39 is 0 Å². The number of carbonyl (C=O) groups excluding carboxylic acids is 2. The lowest BCUT2D eigenvalue weighted by molar-refractivity contribution is -0.668. The molecule has 0 radical (unpaired) electrons. The average Bonchev–Trinajstić information content (AvgIpc) is 2.86. The second-order valence-electron chi connectivity index (χ2n) is 6.02. The molecule has 0 unspecified atom stereocenters. The van der Waals surface area contributed by atoms with Crippen LogP contribution in [0.3, 0.4) is 0 Å². The predicted octanol–water partition coefficient (Wildman–Crippen LogP) is 3.44. The lowest BCUT2D eigenvalue weighted by atomic mass is 9.83. The molecule has 1 aliphatic carbocycles. The van der Waals surface area contributed by atoms with E-state index in [2.05, 4.69) is 0 Å². The predicted molar refractivity (Wildman–Crippen MR) is 94.5 cm³/mol. The molecule has 0 N–H and O–H groups in total. The van der Waals surface area contributed by atoms with Gasteiger partial charge in [-0.2, -0.15) is 0 Å². The lowest BCUT2D eigenvalue weighted by Gasteiger charge is -2.17. The molecule has 124 valence electrons. The third-order valence-corrected chi connectivity index (χ3v) is 5.33. The highest BCUT2D eigenvalue weighted by molar-refractivity contribution is 6.39. The van der Waals surface area contributed by atoms with Crippen molar-refractivity contribution in [2.75, 3.05) is 0 Å². The number of carbonyl (C=O) groups is 2. The quantitative estimate of drug-likeness (QED) is 0.506. The number of aromatic nitrogens is 2. The molecule has 6 heteroatoms. The number of benzene rings is 2. The maximum Gasteiger partial charge on any atom is 0.255 e. The van der Waals surface area contributed by atoms with Crippen molar-refractivity contribution >= 4 is 34.8 Å². The Balaban J connectivity index is 1.76. The SMILES string of the molecule is C[n+]1cn(Cc2ccc3c(c2)C(=O)c2ccccc2C3=O)c(Cl)c1Cl. The van der Waals surface area contributed by atoms with E-state index in [1.807, 2.05) is 6.07 Å². The van der Waals surface area contributed by atoms with Gasteiger partial charge in [0.2, 0.25) is 6.33 Å². The van der Waals surface area contributed by atoms with Gasteiger partial charge >= 0.3 is 0 Å². The smallest absolute Gasteiger partial charge is 0.255 e. The van der Waals surface area contributed by atoms with E-state index in [0.717, 1.165) is 5.56 Å². The van der Waals surface area contributed by atoms with Crippen LogP contribution in [0.15, 0.2) is 48.8 Å². The minimum absolute atomic E-state index is 0.120. The molecule has 0 aliphatic heterocycles. The van der Waals surface area contributed by atoms with Gasteiger partial charge < -0.3 is 0 Å². The summed E-state index contributed by atoms with van der Waals surface area (Å²) in [7, 11) is 1.80. The number of hydrogen-bond acceptors (Lipinski definition) is 2. The molecule has 0 saturated heterocycles. The summed E-state index contributed by atoms with van der Waals surface area (Å²) in [5.41, 5.74) is 2.65. The minimum atomic E-state index is -0.130. The van der Waals surface area contributed by atoms with Crippen molar-refractivity contribution < 1.29 is 14.2 Å². The second-order valence-corrected chi connectivity index (χ2v) is 6.74. The zero-order chi connectivity index (χ0) is 17.7. The summed E-state index contributed by atoms with van der Waals surface area (Å²) in [5.74, 6) is -0.251. The molecule has 0 fully saturated rings. The molecule has 1 aliphatic rings. The second kappa shape index (κ2) is 5.83. The Hall–Kier alpha value is -2.43. The molecule has 4 rings (SSSR count). The summed E-state index contributed by atoms with van der Waals surface area (Å²) in [5, 5.41) is 0.870. The largest absolute Gasteiger partial charge is 0.289 e. The van der Waals surface area contributed by atoms with Gasteiger partial charge in [0.1, 0.15) is 6.54 Å². The third kappa shape index (κ3) is 2.49. The average molecular weight is 372 g/mol. The van der Waals surface area contributed by atoms with Crippen molar-refractivity contribution in [3.05, 3.63) is 86.9 Å². The first-order valence-corrected chi connectivity index (χ1v) is 8.44. The van der Waals surface area contributed by atoms with Crippen LogP contribution in [0, 0.1) is 0 Å². The molecule has 1 heterocycles. The molecule has 4 nitrogen and oxygen atoms in total. The molecule has 25 heavy (non-hydrogen) atoms. The Morgan fingerprint density at radius 3 is 2.12 bits per heavy atom. The highest BCUT2D eigenvalue weighted by Crippen LogP contribution is 2.28. The van der Waals surface area contributed by atoms with Crippen molar-refractivity contribution in [2.24, 2.45) is 7.05 Å². The van der Waals surface area contributed by atoms with Crippen LogP contribution in [-0.4, -0.2) is 16.1 Å². The summed E-state index contributed by atoms with van der Waals surface area (Å²) < 4.78 is 3.50. The van der Waals surface area contributed by atoms with E-state index in [9.17, 15) is 9.59 Å². The number of imidazole rings is 1. The Bertz CT molecular complexity index is 1050. The fourth-order valence-electron chi connectivity index (χ4n) is 3.13. The fraction of sp³-hybridized carbons (Fsp3) is 0.105. The van der Waals surface area contributed by atoms with E-state index in [0.29, 0.717) is 39.1 Å². The normalized spacial score (nSPS) is 12.9. The van der Waals surface area contributed by atoms with Crippen LogP contribution >= 0.6 is 23.2 Å². The summed E-state index contributed by atoms with van der Waals surface area (Å²) in [6.07, 6.45) is 1.78. The molecular weight excluding hydrogens is 359 g/mol. The molecule has 0 bridgehead atoms. The van der Waals surface area contributed by atoms with Gasteiger partial charge in [-0.15, -0.1) is 0 Å². The first-order valence-electron chi connectivity index (χ1n) is 7.68. The molecule has 2 aromatic carbocycles. The van der Waals surface area contributed by atoms with Crippen molar-refractivity contribution in [3.8, 4) is 0 Å². The molecule has 0 amide bonds. The van der Waals surface area contributed by atoms with Gasteiger partial charge in [-0.3, -0.25) is 9.59 Å². The zero-order valence-electron chi connectivity index (χ0n) is 13.3. The van der Waals surface area contributed by atoms with Crippen molar-refractivity contribution in [1.29, 1.82) is 0 Å². The molecule has 0 spiro atoms. The van der Waals surface area contributed by atoms with Gasteiger partial charge in [0.25, 0.3) is 10.3 Å². The van der Waals surface area contributed by atoms with Crippen LogP contribution in [0.25, 0.3) is 0 Å². The molecule has 3 aromatic rings. The highest BCUT2D eigenvalue weighted by atomic mass is 35.5. The van der Waals surface area contributed by atoms with E-state index in [1.54, 1.807) is 58.9 Å². The number of rotatable bonds is 2. The van der Waals surface area contributed by atoms with Gasteiger partial charge in [0.05, 0.1) is 7.05 Å². The van der Waals surface area contributed by atoms with Crippen LogP contribution in [0.2, 0.25) is 10.3 Å². The minimum Gasteiger partial charge on any atom is -0.289 e. The molecular formula is C19H13Cl2N2O2+. The first-order chi connectivity index (χ1) is 12.0. The van der Waals surface area contributed by atoms with Crippen molar-refractivity contribution in [1.82, 2.24) is 4.57 Å². The Labute approximate surface area is 154 Å². The van der Waals surface area contributed by atoms with E-state index in [-0.39, 0.29) is 11.6 Å². The monoisotopic (exact) mass is 371 g/mol. The Morgan fingerprint density at radius 1 is 0.920 bits per heavy atom. The summed E-state index contributed by atoms with van der Waals surface area (Å²) in [6.45, 7) is 0.454. The molecule has 1 aromatic heterocycles. The number of hydrogen-bond donors (Lipinski definition) is 0. The third-order valence-electron chi connectivity index (χ3n) is 4.39. The van der Waals surface area contributed by atoms with Crippen LogP contribution in [-0.2, 0) is 13.6 Å². The fourth-order valence-corrected chi connectivity index (χ4v) is 3.52. The van der Waals surface area contributed by atoms with Gasteiger partial charge in [0, 0.05) is 22.3 Å². The van der Waals surface area contributed by atoms with E-state index in [4.69, 9.17) is 23.2 Å². The Morgan fingerprint density at radius 2 is 1.52 bits per heavy atom. The van der Waals surface area contributed by atoms with E-state index >= 15 is 0 Å². The van der Waals surface area contributed by atoms with E-state index in [1.165, 1.54) is 0 Å². The van der Waals surface area contributed by atoms with Gasteiger partial charge in [-0.05, 0) is 40.9 Å². The van der Waals surface area contributed by atoms with Crippen LogP contribution < -0.4 is 4.57 Å². The highest BCUT2D eigenvalue weighted by Gasteiger charge is 2.29. The molecule has 0 saturated carbocycles. The van der Waals surface area contributed by atoms with Crippen molar-refractivity contribution in [2.45, 2.75) is 6.54 Å². The first kappa shape index (κ1) is 16.1. The van der Waals surface area contributed by atoms with Gasteiger partial charge in [0.15, 0.2) is 11.6 Å². The van der Waals surface area contributed by atoms with Gasteiger partial charge in [-0.1, -0.05) is 30.3 Å². The summed E-state index contributed by atoms with van der Waals surface area (Å²) >= 11 is 12.3. The Kier molecular flexibility index (Phi) is 3.74. The number of nitrogens with zero attached hydrogens (tertiary/aromatic N) is 2. The topological polar surface area (TPSA) is 43.0 Å². The number of halogens is 2. The lowest BCUT2D eigenvalue weighted by Crippen LogP contribution is -2.26. The molecule has 0 atom stereocenters. The standard InChI is InChI=1S/C19H13Cl2N2O2/c1-22-10-23(19(21)18(22)20)9-11-6-7-14-15(8-11)17(25)13-5-3-2-4-12(13)16(14)24/h2-8,10H,9H2,1H3/q+1. The summed E-state index contributed by atoms with van der Waals surface area (Å²) in [6, 6.07) is 12.2. The number of fused-ring (bicyclic) bond motifs is 2. The van der Waals surface area contributed by atoms with Crippen LogP contribution in [0.4, 0.5) is 0 Å². The number of aryl methyl sites for hydroxylation is 1. The van der Waals surface area contributed by atoms with Gasteiger partial charge in [-0.25, -0.2) is 9.13 Å². The maximum absolute atomic E-state index is 12.8. The van der Waals surface area contributed by atoms with Crippen LogP contribution in [0.5, 0.6) is 0 Å². The number of ketones is 2. The van der Waals surface area contributed by atoms with Crippen LogP contribution in [0.1, 0.15) is 37.4 Å². The van der Waals surface area contributed by atoms with Crippen molar-refractivity contribution in [3.63, 3.8) is 0 Å². The maximum atomic E-state index is 12.8. The zero-order valence-corrected chi connectivity index (χ0v) is 14.8.